The van der Waals surface area contributed by atoms with Gasteiger partial charge in [0.1, 0.15) is 0 Å². The fourth-order valence-corrected chi connectivity index (χ4v) is 2.67. The van der Waals surface area contributed by atoms with Crippen LogP contribution >= 0.6 is 27.5 Å². The number of anilines is 1. The van der Waals surface area contributed by atoms with E-state index in [-0.39, 0.29) is 5.91 Å². The van der Waals surface area contributed by atoms with Gasteiger partial charge in [0, 0.05) is 37.8 Å². The van der Waals surface area contributed by atoms with Crippen LogP contribution in [0.4, 0.5) is 5.69 Å². The first kappa shape index (κ1) is 16.8. The summed E-state index contributed by atoms with van der Waals surface area (Å²) in [5, 5.41) is 0.461. The molecule has 0 spiro atoms. The third-order valence-electron chi connectivity index (χ3n) is 3.38. The highest BCUT2D eigenvalue weighted by molar-refractivity contribution is 9.10. The number of hydrogen-bond donors (Lipinski definition) is 0. The molecule has 0 aliphatic heterocycles. The molecule has 3 nitrogen and oxygen atoms in total. The molecule has 5 heteroatoms. The van der Waals surface area contributed by atoms with Gasteiger partial charge in [-0.2, -0.15) is 0 Å². The van der Waals surface area contributed by atoms with Crippen LogP contribution in [0.5, 0.6) is 0 Å². The topological polar surface area (TPSA) is 23.6 Å². The largest absolute Gasteiger partial charge is 0.378 e. The molecule has 0 saturated heterocycles. The quantitative estimate of drug-likeness (QED) is 0.781. The zero-order valence-electron chi connectivity index (χ0n) is 12.8. The third-order valence-corrected chi connectivity index (χ3v) is 4.20. The van der Waals surface area contributed by atoms with Crippen molar-refractivity contribution in [3.63, 3.8) is 0 Å². The highest BCUT2D eigenvalue weighted by Crippen LogP contribution is 2.23. The summed E-state index contributed by atoms with van der Waals surface area (Å²) in [4.78, 5) is 16.2. The Hall–Kier alpha value is -1.52. The van der Waals surface area contributed by atoms with Crippen LogP contribution in [0, 0.1) is 0 Å². The molecule has 0 unspecified atom stereocenters. The molecule has 0 aliphatic carbocycles. The van der Waals surface area contributed by atoms with Crippen LogP contribution in [0.25, 0.3) is 0 Å². The van der Waals surface area contributed by atoms with Crippen molar-refractivity contribution in [2.24, 2.45) is 0 Å². The molecular weight excluding hydrogens is 364 g/mol. The average Bonchev–Trinajstić information content (AvgIpc) is 2.49. The summed E-state index contributed by atoms with van der Waals surface area (Å²) in [6.45, 7) is 0.537. The highest BCUT2D eigenvalue weighted by atomic mass is 79.9. The van der Waals surface area contributed by atoms with E-state index in [0.29, 0.717) is 17.1 Å². The molecule has 116 valence electrons. The second kappa shape index (κ2) is 7.16. The van der Waals surface area contributed by atoms with Crippen LogP contribution in [-0.2, 0) is 6.54 Å². The molecule has 0 heterocycles. The first-order valence-corrected chi connectivity index (χ1v) is 8.02. The number of rotatable bonds is 4. The lowest BCUT2D eigenvalue weighted by Crippen LogP contribution is -2.26. The summed E-state index contributed by atoms with van der Waals surface area (Å²) in [5.74, 6) is -0.0945. The maximum Gasteiger partial charge on any atom is 0.255 e. The maximum absolute atomic E-state index is 12.5. The molecular formula is C17H18BrClN2O. The van der Waals surface area contributed by atoms with E-state index in [2.05, 4.69) is 15.9 Å². The normalized spacial score (nSPS) is 10.4. The van der Waals surface area contributed by atoms with Gasteiger partial charge in [-0.1, -0.05) is 39.7 Å². The second-order valence-corrected chi connectivity index (χ2v) is 6.67. The molecule has 22 heavy (non-hydrogen) atoms. The summed E-state index contributed by atoms with van der Waals surface area (Å²) in [6.07, 6.45) is 0. The van der Waals surface area contributed by atoms with E-state index in [4.69, 9.17) is 11.6 Å². The first-order chi connectivity index (χ1) is 10.4. The van der Waals surface area contributed by atoms with E-state index < -0.39 is 0 Å². The lowest BCUT2D eigenvalue weighted by atomic mass is 10.1. The Labute approximate surface area is 144 Å². The molecule has 2 rings (SSSR count). The average molecular weight is 382 g/mol. The molecule has 0 fully saturated rings. The van der Waals surface area contributed by atoms with Gasteiger partial charge < -0.3 is 9.80 Å². The minimum atomic E-state index is -0.0945. The highest BCUT2D eigenvalue weighted by Gasteiger charge is 2.15. The summed E-state index contributed by atoms with van der Waals surface area (Å²) in [6, 6.07) is 13.4. The minimum Gasteiger partial charge on any atom is -0.378 e. The van der Waals surface area contributed by atoms with E-state index in [9.17, 15) is 4.79 Å². The van der Waals surface area contributed by atoms with E-state index in [1.54, 1.807) is 24.1 Å². The van der Waals surface area contributed by atoms with Gasteiger partial charge in [0.25, 0.3) is 5.91 Å². The smallest absolute Gasteiger partial charge is 0.255 e. The van der Waals surface area contributed by atoms with Gasteiger partial charge in [-0.15, -0.1) is 0 Å². The van der Waals surface area contributed by atoms with Crippen molar-refractivity contribution in [1.82, 2.24) is 4.90 Å². The van der Waals surface area contributed by atoms with Crippen molar-refractivity contribution in [2.75, 3.05) is 26.0 Å². The first-order valence-electron chi connectivity index (χ1n) is 6.85. The number of nitrogens with zero attached hydrogens (tertiary/aromatic N) is 2. The summed E-state index contributed by atoms with van der Waals surface area (Å²) in [5.41, 5.74) is 2.71. The van der Waals surface area contributed by atoms with Gasteiger partial charge in [-0.3, -0.25) is 4.79 Å². The predicted molar refractivity (Wildman–Crippen MR) is 95.7 cm³/mol. The summed E-state index contributed by atoms with van der Waals surface area (Å²) >= 11 is 9.49. The molecule has 1 amide bonds. The fourth-order valence-electron chi connectivity index (χ4n) is 2.11. The van der Waals surface area contributed by atoms with Crippen LogP contribution in [0.1, 0.15) is 15.9 Å². The van der Waals surface area contributed by atoms with Crippen LogP contribution in [0.3, 0.4) is 0 Å². The minimum absolute atomic E-state index is 0.0945. The Bertz CT molecular complexity index is 671. The van der Waals surface area contributed by atoms with Gasteiger partial charge in [0.15, 0.2) is 0 Å². The lowest BCUT2D eigenvalue weighted by molar-refractivity contribution is 0.0785. The van der Waals surface area contributed by atoms with Crippen LogP contribution in [0.2, 0.25) is 5.02 Å². The Morgan fingerprint density at radius 1 is 1.09 bits per heavy atom. The van der Waals surface area contributed by atoms with Gasteiger partial charge in [-0.25, -0.2) is 0 Å². The Balaban J connectivity index is 2.12. The molecule has 0 aliphatic rings. The van der Waals surface area contributed by atoms with Crippen molar-refractivity contribution in [3.05, 3.63) is 63.1 Å². The molecule has 0 saturated carbocycles. The molecule has 0 radical (unpaired) electrons. The van der Waals surface area contributed by atoms with E-state index in [0.717, 1.165) is 15.7 Å². The van der Waals surface area contributed by atoms with Gasteiger partial charge in [0.2, 0.25) is 0 Å². The van der Waals surface area contributed by atoms with Crippen molar-refractivity contribution < 1.29 is 4.79 Å². The molecule has 0 bridgehead atoms. The van der Waals surface area contributed by atoms with E-state index >= 15 is 0 Å². The maximum atomic E-state index is 12.5. The standard InChI is InChI=1S/C17H18BrClN2O/c1-20(2)14-7-4-12(5-8-14)11-21(3)17(22)15-10-13(18)6-9-16(15)19/h4-10H,11H2,1-3H3. The molecule has 2 aromatic rings. The number of amides is 1. The zero-order valence-corrected chi connectivity index (χ0v) is 15.1. The van der Waals surface area contributed by atoms with Gasteiger partial charge >= 0.3 is 0 Å². The fraction of sp³-hybridized carbons (Fsp3) is 0.235. The molecule has 0 N–H and O–H groups in total. The SMILES string of the molecule is CN(Cc1ccc(N(C)C)cc1)C(=O)c1cc(Br)ccc1Cl. The van der Waals surface area contributed by atoms with Crippen LogP contribution < -0.4 is 4.90 Å². The number of carbonyl (C=O) groups is 1. The van der Waals surface area contributed by atoms with Crippen LogP contribution in [-0.4, -0.2) is 32.0 Å². The number of halogens is 2. The number of carbonyl (C=O) groups excluding carboxylic acids is 1. The van der Waals surface area contributed by atoms with Crippen molar-refractivity contribution in [3.8, 4) is 0 Å². The second-order valence-electron chi connectivity index (χ2n) is 5.35. The van der Waals surface area contributed by atoms with Crippen molar-refractivity contribution in [2.45, 2.75) is 6.54 Å². The summed E-state index contributed by atoms with van der Waals surface area (Å²) < 4.78 is 0.837. The third kappa shape index (κ3) is 4.02. The van der Waals surface area contributed by atoms with Gasteiger partial charge in [-0.05, 0) is 35.9 Å². The van der Waals surface area contributed by atoms with Crippen molar-refractivity contribution in [1.29, 1.82) is 0 Å². The van der Waals surface area contributed by atoms with Gasteiger partial charge in [0.05, 0.1) is 10.6 Å². The molecule has 0 aromatic heterocycles. The monoisotopic (exact) mass is 380 g/mol. The number of hydrogen-bond acceptors (Lipinski definition) is 2. The molecule has 0 atom stereocenters. The Morgan fingerprint density at radius 2 is 1.73 bits per heavy atom. The lowest BCUT2D eigenvalue weighted by Gasteiger charge is -2.19. The van der Waals surface area contributed by atoms with Crippen molar-refractivity contribution >= 4 is 39.1 Å². The molecule has 2 aromatic carbocycles. The Morgan fingerprint density at radius 3 is 2.32 bits per heavy atom. The predicted octanol–water partition coefficient (Wildman–Crippen LogP) is 4.44. The van der Waals surface area contributed by atoms with E-state index in [1.165, 1.54) is 0 Å². The van der Waals surface area contributed by atoms with Crippen LogP contribution in [0.15, 0.2) is 46.9 Å². The number of benzene rings is 2. The Kier molecular flexibility index (Phi) is 5.48. The zero-order chi connectivity index (χ0) is 16.3. The van der Waals surface area contributed by atoms with E-state index in [1.807, 2.05) is 49.3 Å². The summed E-state index contributed by atoms with van der Waals surface area (Å²) in [7, 11) is 5.78.